The summed E-state index contributed by atoms with van der Waals surface area (Å²) in [5, 5.41) is 15.3. The van der Waals surface area contributed by atoms with Crippen LogP contribution in [0.25, 0.3) is 0 Å². The van der Waals surface area contributed by atoms with Crippen LogP contribution in [0.1, 0.15) is 44.2 Å². The van der Waals surface area contributed by atoms with Crippen molar-refractivity contribution >= 4 is 11.8 Å². The SMILES string of the molecule is CC(C)CC(C)(O)CNC(=O)CCNC(=O)c1ccco1. The number of carbonyl (C=O) groups excluding carboxylic acids is 2. The van der Waals surface area contributed by atoms with Gasteiger partial charge in [-0.25, -0.2) is 0 Å². The van der Waals surface area contributed by atoms with Gasteiger partial charge in [-0.2, -0.15) is 0 Å². The molecule has 6 nitrogen and oxygen atoms in total. The lowest BCUT2D eigenvalue weighted by Gasteiger charge is -2.25. The molecule has 0 radical (unpaired) electrons. The van der Waals surface area contributed by atoms with E-state index in [0.29, 0.717) is 12.3 Å². The van der Waals surface area contributed by atoms with Crippen LogP contribution in [0.2, 0.25) is 0 Å². The maximum Gasteiger partial charge on any atom is 0.286 e. The minimum Gasteiger partial charge on any atom is -0.459 e. The molecule has 0 saturated heterocycles. The summed E-state index contributed by atoms with van der Waals surface area (Å²) >= 11 is 0. The summed E-state index contributed by atoms with van der Waals surface area (Å²) in [6.07, 6.45) is 2.19. The third-order valence-electron chi connectivity index (χ3n) is 2.90. The van der Waals surface area contributed by atoms with Crippen molar-refractivity contribution in [3.63, 3.8) is 0 Å². The van der Waals surface area contributed by atoms with Gasteiger partial charge in [0, 0.05) is 19.5 Å². The smallest absolute Gasteiger partial charge is 0.286 e. The van der Waals surface area contributed by atoms with Gasteiger partial charge >= 0.3 is 0 Å². The quantitative estimate of drug-likeness (QED) is 0.674. The maximum absolute atomic E-state index is 11.6. The van der Waals surface area contributed by atoms with E-state index in [1.54, 1.807) is 19.1 Å². The van der Waals surface area contributed by atoms with Crippen LogP contribution in [-0.2, 0) is 4.79 Å². The lowest BCUT2D eigenvalue weighted by Crippen LogP contribution is -2.42. The first-order valence-corrected chi connectivity index (χ1v) is 7.11. The van der Waals surface area contributed by atoms with Gasteiger partial charge in [-0.05, 0) is 31.4 Å². The summed E-state index contributed by atoms with van der Waals surface area (Å²) < 4.78 is 4.94. The molecule has 2 amide bonds. The van der Waals surface area contributed by atoms with Crippen LogP contribution in [0.3, 0.4) is 0 Å². The Morgan fingerprint density at radius 3 is 2.67 bits per heavy atom. The minimum atomic E-state index is -0.915. The van der Waals surface area contributed by atoms with Crippen molar-refractivity contribution in [3.8, 4) is 0 Å². The third-order valence-corrected chi connectivity index (χ3v) is 2.90. The summed E-state index contributed by atoms with van der Waals surface area (Å²) in [5.41, 5.74) is -0.915. The molecule has 118 valence electrons. The molecule has 0 aliphatic carbocycles. The zero-order chi connectivity index (χ0) is 15.9. The van der Waals surface area contributed by atoms with E-state index in [0.717, 1.165) is 0 Å². The molecule has 1 aromatic heterocycles. The van der Waals surface area contributed by atoms with Crippen LogP contribution in [0.15, 0.2) is 22.8 Å². The molecule has 1 rings (SSSR count). The average Bonchev–Trinajstić information content (AvgIpc) is 2.88. The lowest BCUT2D eigenvalue weighted by atomic mass is 9.94. The predicted molar refractivity (Wildman–Crippen MR) is 78.7 cm³/mol. The van der Waals surface area contributed by atoms with Gasteiger partial charge in [0.1, 0.15) is 0 Å². The van der Waals surface area contributed by atoms with Gasteiger partial charge in [-0.1, -0.05) is 13.8 Å². The highest BCUT2D eigenvalue weighted by molar-refractivity contribution is 5.91. The molecule has 3 N–H and O–H groups in total. The molecule has 1 heterocycles. The summed E-state index contributed by atoms with van der Waals surface area (Å²) in [4.78, 5) is 23.2. The Morgan fingerprint density at radius 2 is 2.10 bits per heavy atom. The standard InChI is InChI=1S/C15H24N2O4/c1-11(2)9-15(3,20)10-17-13(18)6-7-16-14(19)12-5-4-8-21-12/h4-5,8,11,20H,6-7,9-10H2,1-3H3,(H,16,19)(H,17,18). The molecule has 1 aromatic rings. The number of aliphatic hydroxyl groups is 1. The van der Waals surface area contributed by atoms with Gasteiger partial charge < -0.3 is 20.2 Å². The number of carbonyl (C=O) groups is 2. The largest absolute Gasteiger partial charge is 0.459 e. The second-order valence-electron chi connectivity index (χ2n) is 5.85. The average molecular weight is 296 g/mol. The molecule has 1 atom stereocenters. The van der Waals surface area contributed by atoms with Crippen LogP contribution in [0.5, 0.6) is 0 Å². The number of nitrogens with one attached hydrogen (secondary N) is 2. The van der Waals surface area contributed by atoms with Gasteiger partial charge in [-0.3, -0.25) is 9.59 Å². The van der Waals surface area contributed by atoms with Crippen molar-refractivity contribution in [1.82, 2.24) is 10.6 Å². The normalized spacial score (nSPS) is 13.8. The Morgan fingerprint density at radius 1 is 1.38 bits per heavy atom. The first-order chi connectivity index (χ1) is 9.80. The Balaban J connectivity index is 2.21. The van der Waals surface area contributed by atoms with Gasteiger partial charge in [0.05, 0.1) is 11.9 Å². The second-order valence-corrected chi connectivity index (χ2v) is 5.85. The van der Waals surface area contributed by atoms with E-state index in [1.165, 1.54) is 6.26 Å². The Kier molecular flexibility index (Phi) is 6.42. The van der Waals surface area contributed by atoms with Crippen molar-refractivity contribution in [2.24, 2.45) is 5.92 Å². The number of hydrogen-bond donors (Lipinski definition) is 3. The van der Waals surface area contributed by atoms with Crippen molar-refractivity contribution < 1.29 is 19.1 Å². The van der Waals surface area contributed by atoms with Gasteiger partial charge in [0.2, 0.25) is 5.91 Å². The summed E-state index contributed by atoms with van der Waals surface area (Å²) in [7, 11) is 0. The van der Waals surface area contributed by atoms with E-state index < -0.39 is 5.60 Å². The summed E-state index contributed by atoms with van der Waals surface area (Å²) in [6.45, 7) is 6.15. The minimum absolute atomic E-state index is 0.157. The van der Waals surface area contributed by atoms with Crippen LogP contribution in [0, 0.1) is 5.92 Å². The third kappa shape index (κ3) is 6.94. The van der Waals surface area contributed by atoms with E-state index in [1.807, 2.05) is 13.8 Å². The summed E-state index contributed by atoms with van der Waals surface area (Å²) in [6, 6.07) is 3.18. The highest BCUT2D eigenvalue weighted by Gasteiger charge is 2.22. The van der Waals surface area contributed by atoms with Crippen molar-refractivity contribution in [3.05, 3.63) is 24.2 Å². The van der Waals surface area contributed by atoms with Crippen molar-refractivity contribution in [1.29, 1.82) is 0 Å². The number of furan rings is 1. The monoisotopic (exact) mass is 296 g/mol. The van der Waals surface area contributed by atoms with E-state index in [4.69, 9.17) is 4.42 Å². The highest BCUT2D eigenvalue weighted by atomic mass is 16.3. The molecule has 0 saturated carbocycles. The van der Waals surface area contributed by atoms with Crippen LogP contribution < -0.4 is 10.6 Å². The number of hydrogen-bond acceptors (Lipinski definition) is 4. The second kappa shape index (κ2) is 7.83. The van der Waals surface area contributed by atoms with E-state index in [2.05, 4.69) is 10.6 Å². The van der Waals surface area contributed by atoms with Gasteiger partial charge in [-0.15, -0.1) is 0 Å². The fourth-order valence-electron chi connectivity index (χ4n) is 2.11. The molecule has 21 heavy (non-hydrogen) atoms. The number of rotatable bonds is 8. The molecule has 1 unspecified atom stereocenters. The molecule has 0 spiro atoms. The fourth-order valence-corrected chi connectivity index (χ4v) is 2.11. The van der Waals surface area contributed by atoms with Crippen LogP contribution in [-0.4, -0.2) is 35.6 Å². The topological polar surface area (TPSA) is 91.6 Å². The van der Waals surface area contributed by atoms with Crippen molar-refractivity contribution in [2.45, 2.75) is 39.2 Å². The van der Waals surface area contributed by atoms with Crippen LogP contribution in [0.4, 0.5) is 0 Å². The zero-order valence-corrected chi connectivity index (χ0v) is 12.8. The predicted octanol–water partition coefficient (Wildman–Crippen LogP) is 1.31. The first kappa shape index (κ1) is 17.2. The molecular formula is C15H24N2O4. The first-order valence-electron chi connectivity index (χ1n) is 7.11. The molecule has 0 aliphatic rings. The molecule has 0 aromatic carbocycles. The molecular weight excluding hydrogens is 272 g/mol. The lowest BCUT2D eigenvalue weighted by molar-refractivity contribution is -0.122. The molecule has 0 fully saturated rings. The van der Waals surface area contributed by atoms with E-state index in [9.17, 15) is 14.7 Å². The fraction of sp³-hybridized carbons (Fsp3) is 0.600. The zero-order valence-electron chi connectivity index (χ0n) is 12.8. The van der Waals surface area contributed by atoms with E-state index >= 15 is 0 Å². The maximum atomic E-state index is 11.6. The molecule has 6 heteroatoms. The van der Waals surface area contributed by atoms with Gasteiger partial charge in [0.25, 0.3) is 5.91 Å². The Bertz CT molecular complexity index is 452. The highest BCUT2D eigenvalue weighted by Crippen LogP contribution is 2.14. The van der Waals surface area contributed by atoms with E-state index in [-0.39, 0.29) is 37.1 Å². The molecule has 0 bridgehead atoms. The number of amides is 2. The van der Waals surface area contributed by atoms with Gasteiger partial charge in [0.15, 0.2) is 5.76 Å². The van der Waals surface area contributed by atoms with Crippen LogP contribution >= 0.6 is 0 Å². The summed E-state index contributed by atoms with van der Waals surface area (Å²) in [5.74, 6) is 0.0122. The molecule has 0 aliphatic heterocycles. The Labute approximate surface area is 124 Å². The Hall–Kier alpha value is -1.82. The van der Waals surface area contributed by atoms with Crippen molar-refractivity contribution in [2.75, 3.05) is 13.1 Å².